The van der Waals surface area contributed by atoms with Crippen LogP contribution in [-0.2, 0) is 5.41 Å². The molecule has 35 heavy (non-hydrogen) atoms. The summed E-state index contributed by atoms with van der Waals surface area (Å²) in [6.45, 7) is 0. The first-order chi connectivity index (χ1) is 16.9. The van der Waals surface area contributed by atoms with Gasteiger partial charge < -0.3 is 14.3 Å². The number of benzene rings is 2. The normalized spacial score (nSPS) is 15.8. The monoisotopic (exact) mass is 551 g/mol. The second-order valence-electron chi connectivity index (χ2n) is 9.06. The van der Waals surface area contributed by atoms with Crippen LogP contribution in [0, 0.1) is 0 Å². The van der Waals surface area contributed by atoms with E-state index in [9.17, 15) is 14.7 Å². The lowest BCUT2D eigenvalue weighted by Gasteiger charge is -2.34. The van der Waals surface area contributed by atoms with Gasteiger partial charge >= 0.3 is 5.63 Å². The predicted octanol–water partition coefficient (Wildman–Crippen LogP) is 6.14. The summed E-state index contributed by atoms with van der Waals surface area (Å²) in [5.41, 5.74) is 1.51. The number of rotatable bonds is 3. The number of nitrogens with zero attached hydrogens (tertiary/aromatic N) is 1. The van der Waals surface area contributed by atoms with Gasteiger partial charge in [0.15, 0.2) is 5.75 Å². The van der Waals surface area contributed by atoms with E-state index in [1.54, 1.807) is 42.0 Å². The smallest absolute Gasteiger partial charge is 0.354 e. The van der Waals surface area contributed by atoms with Gasteiger partial charge in [-0.25, -0.2) is 4.79 Å². The van der Waals surface area contributed by atoms with Gasteiger partial charge in [0, 0.05) is 26.5 Å². The molecule has 8 heteroatoms. The predicted molar refractivity (Wildman–Crippen MR) is 138 cm³/mol. The highest BCUT2D eigenvalue weighted by Crippen LogP contribution is 2.52. The number of hydrogen-bond donors (Lipinski definition) is 1. The number of hydrogen-bond acceptors (Lipinski definition) is 6. The van der Waals surface area contributed by atoms with Crippen molar-refractivity contribution in [3.8, 4) is 17.2 Å². The standard InChI is InChI=1S/C27H22BrNO5S/c1-33-16-6-5-7-17(13-16)35-24-23(30)22-20(34-26(24)32)14-21-27(10-3-2-4-11-27)18-12-15(28)8-9-19(18)29(21)25(22)31/h5-9,12-14,30H,2-4,10-11H2,1H3. The molecule has 2 aromatic heterocycles. The summed E-state index contributed by atoms with van der Waals surface area (Å²) in [4.78, 5) is 27.6. The van der Waals surface area contributed by atoms with E-state index >= 15 is 0 Å². The molecule has 0 unspecified atom stereocenters. The first-order valence-corrected chi connectivity index (χ1v) is 13.1. The van der Waals surface area contributed by atoms with Crippen molar-refractivity contribution in [2.24, 2.45) is 0 Å². The second-order valence-corrected chi connectivity index (χ2v) is 11.1. The van der Waals surface area contributed by atoms with Crippen LogP contribution in [0.4, 0.5) is 0 Å². The fourth-order valence-corrected chi connectivity index (χ4v) is 6.85. The molecule has 0 atom stereocenters. The number of aromatic nitrogens is 1. The van der Waals surface area contributed by atoms with Gasteiger partial charge in [-0.1, -0.05) is 53.0 Å². The molecule has 0 radical (unpaired) electrons. The maximum Gasteiger partial charge on any atom is 0.354 e. The van der Waals surface area contributed by atoms with E-state index < -0.39 is 5.63 Å². The van der Waals surface area contributed by atoms with Gasteiger partial charge in [0.05, 0.1) is 12.8 Å². The summed E-state index contributed by atoms with van der Waals surface area (Å²) in [5, 5.41) is 11.2. The maximum atomic E-state index is 13.9. The van der Waals surface area contributed by atoms with Crippen LogP contribution in [0.25, 0.3) is 16.7 Å². The quantitative estimate of drug-likeness (QED) is 0.329. The SMILES string of the molecule is COc1cccc(Sc2c(O)c3c(=O)n4c(cc3oc2=O)C2(CCCCC2)c2cc(Br)ccc2-4)c1. The number of fused-ring (bicyclic) bond motifs is 6. The molecule has 1 aliphatic heterocycles. The molecular formula is C27H22BrNO5S. The van der Waals surface area contributed by atoms with Gasteiger partial charge in [0.25, 0.3) is 5.56 Å². The van der Waals surface area contributed by atoms with Gasteiger partial charge in [-0.3, -0.25) is 9.36 Å². The summed E-state index contributed by atoms with van der Waals surface area (Å²) >= 11 is 4.64. The summed E-state index contributed by atoms with van der Waals surface area (Å²) in [5.74, 6) is 0.269. The number of aromatic hydroxyl groups is 1. The van der Waals surface area contributed by atoms with Crippen LogP contribution >= 0.6 is 27.7 Å². The number of methoxy groups -OCH3 is 1. The van der Waals surface area contributed by atoms with Gasteiger partial charge in [-0.15, -0.1) is 0 Å². The van der Waals surface area contributed by atoms with Crippen LogP contribution in [0.3, 0.4) is 0 Å². The molecule has 4 aromatic rings. The molecule has 1 saturated carbocycles. The molecule has 0 bridgehead atoms. The Morgan fingerprint density at radius 1 is 1.09 bits per heavy atom. The molecule has 6 nitrogen and oxygen atoms in total. The molecule has 178 valence electrons. The van der Waals surface area contributed by atoms with E-state index in [1.807, 2.05) is 12.1 Å². The third-order valence-corrected chi connectivity index (χ3v) is 8.73. The van der Waals surface area contributed by atoms with E-state index in [-0.39, 0.29) is 32.6 Å². The molecule has 0 amide bonds. The Morgan fingerprint density at radius 3 is 2.66 bits per heavy atom. The topological polar surface area (TPSA) is 81.7 Å². The average molecular weight is 552 g/mol. The second kappa shape index (κ2) is 8.31. The molecule has 3 heterocycles. The zero-order valence-electron chi connectivity index (χ0n) is 19.0. The number of halogens is 1. The van der Waals surface area contributed by atoms with E-state index in [2.05, 4.69) is 22.0 Å². The molecule has 2 aliphatic rings. The minimum absolute atomic E-state index is 0.0143. The Kier molecular flexibility index (Phi) is 5.34. The van der Waals surface area contributed by atoms with Crippen molar-refractivity contribution in [2.75, 3.05) is 7.11 Å². The Balaban J connectivity index is 1.60. The largest absolute Gasteiger partial charge is 0.505 e. The average Bonchev–Trinajstić information content (AvgIpc) is 3.11. The van der Waals surface area contributed by atoms with Crippen LogP contribution in [0.5, 0.6) is 11.5 Å². The number of ether oxygens (including phenoxy) is 1. The molecular weight excluding hydrogens is 530 g/mol. The van der Waals surface area contributed by atoms with Crippen molar-refractivity contribution < 1.29 is 14.3 Å². The van der Waals surface area contributed by atoms with Crippen molar-refractivity contribution in [1.29, 1.82) is 0 Å². The lowest BCUT2D eigenvalue weighted by atomic mass is 9.68. The fourth-order valence-electron chi connectivity index (χ4n) is 5.61. The van der Waals surface area contributed by atoms with Crippen molar-refractivity contribution in [3.05, 3.63) is 85.0 Å². The highest BCUT2D eigenvalue weighted by atomic mass is 79.9. The van der Waals surface area contributed by atoms with Gasteiger partial charge in [-0.05, 0) is 54.8 Å². The summed E-state index contributed by atoms with van der Waals surface area (Å²) in [6.07, 6.45) is 5.11. The minimum atomic E-state index is -0.678. The third kappa shape index (κ3) is 3.37. The summed E-state index contributed by atoms with van der Waals surface area (Å²) < 4.78 is 13.6. The van der Waals surface area contributed by atoms with Crippen molar-refractivity contribution in [1.82, 2.24) is 4.57 Å². The molecule has 2 aromatic carbocycles. The van der Waals surface area contributed by atoms with Crippen molar-refractivity contribution in [3.63, 3.8) is 0 Å². The van der Waals surface area contributed by atoms with Crippen LogP contribution in [0.2, 0.25) is 0 Å². The minimum Gasteiger partial charge on any atom is -0.505 e. The molecule has 1 aliphatic carbocycles. The fraction of sp³-hybridized carbons (Fsp3) is 0.259. The number of pyridine rings is 1. The zero-order chi connectivity index (χ0) is 24.3. The molecule has 1 spiro atoms. The zero-order valence-corrected chi connectivity index (χ0v) is 21.4. The third-order valence-electron chi connectivity index (χ3n) is 7.19. The van der Waals surface area contributed by atoms with Gasteiger partial charge in [0.1, 0.15) is 21.6 Å². The summed E-state index contributed by atoms with van der Waals surface area (Å²) in [6, 6.07) is 14.9. The molecule has 0 saturated heterocycles. The van der Waals surface area contributed by atoms with Crippen LogP contribution in [-0.4, -0.2) is 16.8 Å². The Hall–Kier alpha value is -2.97. The van der Waals surface area contributed by atoms with E-state index in [0.717, 1.165) is 65.3 Å². The molecule has 1 fully saturated rings. The first kappa shape index (κ1) is 22.5. The van der Waals surface area contributed by atoms with E-state index in [4.69, 9.17) is 9.15 Å². The van der Waals surface area contributed by atoms with Crippen molar-refractivity contribution >= 4 is 38.7 Å². The van der Waals surface area contributed by atoms with E-state index in [0.29, 0.717) is 10.6 Å². The maximum absolute atomic E-state index is 13.9. The van der Waals surface area contributed by atoms with Crippen LogP contribution < -0.4 is 15.9 Å². The Labute approximate surface area is 213 Å². The first-order valence-electron chi connectivity index (χ1n) is 11.5. The molecule has 6 rings (SSSR count). The van der Waals surface area contributed by atoms with Crippen LogP contribution in [0.15, 0.2) is 76.8 Å². The highest BCUT2D eigenvalue weighted by molar-refractivity contribution is 9.10. The van der Waals surface area contributed by atoms with Gasteiger partial charge in [0.2, 0.25) is 0 Å². The Bertz CT molecular complexity index is 1620. The summed E-state index contributed by atoms with van der Waals surface area (Å²) in [7, 11) is 1.56. The van der Waals surface area contributed by atoms with E-state index in [1.165, 1.54) is 0 Å². The van der Waals surface area contributed by atoms with Crippen molar-refractivity contribution in [2.45, 2.75) is 47.3 Å². The van der Waals surface area contributed by atoms with Crippen LogP contribution in [0.1, 0.15) is 43.4 Å². The van der Waals surface area contributed by atoms with Gasteiger partial charge in [-0.2, -0.15) is 0 Å². The Morgan fingerprint density at radius 2 is 1.89 bits per heavy atom. The lowest BCUT2D eigenvalue weighted by molar-refractivity contribution is 0.346. The molecule has 1 N–H and O–H groups in total. The highest BCUT2D eigenvalue weighted by Gasteiger charge is 2.45. The lowest BCUT2D eigenvalue weighted by Crippen LogP contribution is -2.31.